The number of H-pyrrole nitrogens is 1. The highest BCUT2D eigenvalue weighted by molar-refractivity contribution is 5.52. The number of fused-ring (bicyclic) bond motifs is 2. The van der Waals surface area contributed by atoms with Crippen LogP contribution in [0.1, 0.15) is 40.5 Å². The van der Waals surface area contributed by atoms with Crippen molar-refractivity contribution in [1.29, 1.82) is 0 Å². The maximum Gasteiger partial charge on any atom is 0.266 e. The van der Waals surface area contributed by atoms with Gasteiger partial charge in [0.15, 0.2) is 0 Å². The molecule has 0 saturated heterocycles. The summed E-state index contributed by atoms with van der Waals surface area (Å²) in [5, 5.41) is 9.94. The Morgan fingerprint density at radius 1 is 1.48 bits per heavy atom. The Kier molecular flexibility index (Phi) is 3.46. The molecule has 2 N–H and O–H groups in total. The molecular formula is C16H25N3O2. The molecule has 4 atom stereocenters. The van der Waals surface area contributed by atoms with Crippen LogP contribution in [-0.4, -0.2) is 22.8 Å². The fraction of sp³-hybridized carbons (Fsp3) is 0.750. The van der Waals surface area contributed by atoms with Crippen molar-refractivity contribution in [2.45, 2.75) is 46.6 Å². The molecule has 0 spiro atoms. The molecule has 0 amide bonds. The topological polar surface area (TPSA) is 67.0 Å². The molecule has 0 aliphatic heterocycles. The number of hydrogen-bond donors (Lipinski definition) is 2. The highest BCUT2D eigenvalue weighted by Crippen LogP contribution is 2.61. The lowest BCUT2D eigenvalue weighted by Gasteiger charge is -2.62. The van der Waals surface area contributed by atoms with Crippen LogP contribution in [0.2, 0.25) is 0 Å². The largest absolute Gasteiger partial charge is 0.475 e. The van der Waals surface area contributed by atoms with Crippen molar-refractivity contribution < 1.29 is 4.74 Å². The van der Waals surface area contributed by atoms with Crippen LogP contribution in [0, 0.1) is 23.2 Å². The predicted octanol–water partition coefficient (Wildman–Crippen LogP) is 2.65. The van der Waals surface area contributed by atoms with Crippen LogP contribution in [0.5, 0.6) is 5.88 Å². The van der Waals surface area contributed by atoms with E-state index >= 15 is 0 Å². The second-order valence-electron chi connectivity index (χ2n) is 7.09. The number of anilines is 1. The summed E-state index contributed by atoms with van der Waals surface area (Å²) in [6.07, 6.45) is 2.50. The van der Waals surface area contributed by atoms with E-state index in [0.29, 0.717) is 29.9 Å². The number of nitrogens with zero attached hydrogens (tertiary/aromatic N) is 1. The van der Waals surface area contributed by atoms with Gasteiger partial charge in [0.2, 0.25) is 0 Å². The molecule has 3 saturated carbocycles. The first-order valence-corrected chi connectivity index (χ1v) is 7.92. The Bertz CT molecular complexity index is 581. The van der Waals surface area contributed by atoms with Gasteiger partial charge in [-0.25, -0.2) is 5.10 Å². The summed E-state index contributed by atoms with van der Waals surface area (Å²) in [5.41, 5.74) is 0.985. The van der Waals surface area contributed by atoms with Gasteiger partial charge >= 0.3 is 0 Å². The lowest BCUT2D eigenvalue weighted by Crippen LogP contribution is -2.58. The highest BCUT2D eigenvalue weighted by atomic mass is 16.5. The maximum absolute atomic E-state index is 11.5. The standard InChI is InChI=1S/C16H25N3O2/c1-5-21-15-13(8-14(20)18-19-15)17-12-7-10-6-11(9(12)2)16(10,3)4/h8-12H,5-7H2,1-4H3,(H2,17,18,20)/t9-,10-,11+,12-/m1/s1. The molecule has 1 heterocycles. The second kappa shape index (κ2) is 5.04. The minimum atomic E-state index is -0.199. The summed E-state index contributed by atoms with van der Waals surface area (Å²) in [4.78, 5) is 11.5. The van der Waals surface area contributed by atoms with E-state index in [1.807, 2.05) is 6.92 Å². The quantitative estimate of drug-likeness (QED) is 0.895. The van der Waals surface area contributed by atoms with Gasteiger partial charge in [0.1, 0.15) is 5.69 Å². The summed E-state index contributed by atoms with van der Waals surface area (Å²) in [7, 11) is 0. The Hall–Kier alpha value is -1.52. The van der Waals surface area contributed by atoms with E-state index < -0.39 is 0 Å². The fourth-order valence-electron chi connectivity index (χ4n) is 4.28. The third-order valence-electron chi connectivity index (χ3n) is 5.75. The lowest BCUT2D eigenvalue weighted by atomic mass is 9.45. The molecule has 1 aromatic rings. The SMILES string of the molecule is CCOc1n[nH]c(=O)cc1N[C@@H]1C[C@H]2C[C@@H]([C@H]1C)C2(C)C. The minimum absolute atomic E-state index is 0.199. The molecule has 4 rings (SSSR count). The molecule has 116 valence electrons. The van der Waals surface area contributed by atoms with Crippen LogP contribution in [0.4, 0.5) is 5.69 Å². The number of ether oxygens (including phenoxy) is 1. The maximum atomic E-state index is 11.5. The molecule has 21 heavy (non-hydrogen) atoms. The second-order valence-corrected chi connectivity index (χ2v) is 7.09. The molecule has 2 bridgehead atoms. The molecule has 3 aliphatic rings. The van der Waals surface area contributed by atoms with E-state index in [1.54, 1.807) is 6.07 Å². The summed E-state index contributed by atoms with van der Waals surface area (Å²) >= 11 is 0. The van der Waals surface area contributed by atoms with Crippen LogP contribution in [-0.2, 0) is 0 Å². The van der Waals surface area contributed by atoms with Gasteiger partial charge in [0.05, 0.1) is 6.61 Å². The van der Waals surface area contributed by atoms with E-state index in [0.717, 1.165) is 23.9 Å². The van der Waals surface area contributed by atoms with Gasteiger partial charge in [-0.15, -0.1) is 5.10 Å². The third kappa shape index (κ3) is 2.32. The van der Waals surface area contributed by atoms with Crippen molar-refractivity contribution in [3.63, 3.8) is 0 Å². The summed E-state index contributed by atoms with van der Waals surface area (Å²) < 4.78 is 5.50. The smallest absolute Gasteiger partial charge is 0.266 e. The van der Waals surface area contributed by atoms with Gasteiger partial charge in [-0.3, -0.25) is 4.79 Å². The number of nitrogens with one attached hydrogen (secondary N) is 2. The van der Waals surface area contributed by atoms with E-state index in [-0.39, 0.29) is 5.56 Å². The first kappa shape index (κ1) is 14.4. The van der Waals surface area contributed by atoms with Crippen molar-refractivity contribution in [3.05, 3.63) is 16.4 Å². The molecule has 5 heteroatoms. The van der Waals surface area contributed by atoms with Crippen LogP contribution in [0.25, 0.3) is 0 Å². The van der Waals surface area contributed by atoms with Crippen molar-refractivity contribution >= 4 is 5.69 Å². The average Bonchev–Trinajstić information content (AvgIpc) is 2.43. The van der Waals surface area contributed by atoms with Crippen LogP contribution in [0.3, 0.4) is 0 Å². The monoisotopic (exact) mass is 291 g/mol. The van der Waals surface area contributed by atoms with Gasteiger partial charge in [0, 0.05) is 12.1 Å². The van der Waals surface area contributed by atoms with Gasteiger partial charge in [-0.2, -0.15) is 0 Å². The molecule has 0 radical (unpaired) electrons. The zero-order chi connectivity index (χ0) is 15.2. The normalized spacial score (nSPS) is 33.1. The molecule has 5 nitrogen and oxygen atoms in total. The number of aromatic amines is 1. The molecule has 0 aromatic carbocycles. The fourth-order valence-corrected chi connectivity index (χ4v) is 4.28. The van der Waals surface area contributed by atoms with Crippen molar-refractivity contribution in [1.82, 2.24) is 10.2 Å². The van der Waals surface area contributed by atoms with Crippen molar-refractivity contribution in [2.75, 3.05) is 11.9 Å². The molecule has 0 unspecified atom stereocenters. The summed E-state index contributed by atoms with van der Waals surface area (Å²) in [6.45, 7) is 9.54. The Morgan fingerprint density at radius 2 is 2.24 bits per heavy atom. The predicted molar refractivity (Wildman–Crippen MR) is 82.6 cm³/mol. The van der Waals surface area contributed by atoms with Crippen LogP contribution < -0.4 is 15.6 Å². The number of hydrogen-bond acceptors (Lipinski definition) is 4. The Balaban J connectivity index is 1.79. The molecular weight excluding hydrogens is 266 g/mol. The zero-order valence-electron chi connectivity index (χ0n) is 13.3. The van der Waals surface area contributed by atoms with E-state index in [1.165, 1.54) is 6.42 Å². The highest BCUT2D eigenvalue weighted by Gasteiger charge is 2.56. The van der Waals surface area contributed by atoms with Crippen molar-refractivity contribution in [2.24, 2.45) is 23.2 Å². The molecule has 1 aromatic heterocycles. The van der Waals surface area contributed by atoms with Crippen LogP contribution >= 0.6 is 0 Å². The van der Waals surface area contributed by atoms with E-state index in [9.17, 15) is 4.79 Å². The number of aromatic nitrogens is 2. The van der Waals surface area contributed by atoms with Gasteiger partial charge < -0.3 is 10.1 Å². The number of rotatable bonds is 4. The van der Waals surface area contributed by atoms with Gasteiger partial charge in [0.25, 0.3) is 11.4 Å². The first-order valence-electron chi connectivity index (χ1n) is 7.92. The van der Waals surface area contributed by atoms with Gasteiger partial charge in [-0.1, -0.05) is 20.8 Å². The zero-order valence-corrected chi connectivity index (χ0v) is 13.3. The average molecular weight is 291 g/mol. The van der Waals surface area contributed by atoms with Crippen LogP contribution in [0.15, 0.2) is 10.9 Å². The molecule has 3 fully saturated rings. The lowest BCUT2D eigenvalue weighted by molar-refractivity contribution is -0.105. The van der Waals surface area contributed by atoms with Gasteiger partial charge in [-0.05, 0) is 42.9 Å². The van der Waals surface area contributed by atoms with Crippen molar-refractivity contribution in [3.8, 4) is 5.88 Å². The third-order valence-corrected chi connectivity index (χ3v) is 5.75. The Labute approximate surface area is 125 Å². The minimum Gasteiger partial charge on any atom is -0.475 e. The van der Waals surface area contributed by atoms with E-state index in [4.69, 9.17) is 4.74 Å². The van der Waals surface area contributed by atoms with E-state index in [2.05, 4.69) is 36.3 Å². The summed E-state index contributed by atoms with van der Waals surface area (Å²) in [5.74, 6) is 2.63. The summed E-state index contributed by atoms with van der Waals surface area (Å²) in [6, 6.07) is 1.94. The Morgan fingerprint density at radius 3 is 2.86 bits per heavy atom. The molecule has 3 aliphatic carbocycles. The first-order chi connectivity index (χ1) is 9.93.